The number of nitrogens with one attached hydrogen (secondary N) is 1. The Morgan fingerprint density at radius 1 is 0.971 bits per heavy atom. The fourth-order valence-corrected chi connectivity index (χ4v) is 3.53. The lowest BCUT2D eigenvalue weighted by atomic mass is 10.0. The summed E-state index contributed by atoms with van der Waals surface area (Å²) in [5, 5.41) is 11.8. The van der Waals surface area contributed by atoms with Gasteiger partial charge in [0.25, 0.3) is 5.91 Å². The molecule has 1 atom stereocenters. The second-order valence-corrected chi connectivity index (χ2v) is 8.54. The number of amides is 1. The number of ether oxygens (including phenoxy) is 1. The van der Waals surface area contributed by atoms with Crippen molar-refractivity contribution in [1.82, 2.24) is 9.88 Å². The highest BCUT2D eigenvalue weighted by molar-refractivity contribution is 6.08. The zero-order valence-corrected chi connectivity index (χ0v) is 19.7. The maximum atomic E-state index is 12.8. The van der Waals surface area contributed by atoms with Gasteiger partial charge in [0.15, 0.2) is 0 Å². The van der Waals surface area contributed by atoms with Gasteiger partial charge in [-0.25, -0.2) is 4.79 Å². The molecular formula is C27H30N2O5. The molecule has 0 aliphatic carbocycles. The molecule has 7 heteroatoms. The maximum absolute atomic E-state index is 12.8. The maximum Gasteiger partial charge on any atom is 0.326 e. The molecular weight excluding hydrogens is 432 g/mol. The molecule has 0 saturated heterocycles. The number of hydrogen-bond donors (Lipinski definition) is 2. The van der Waals surface area contributed by atoms with E-state index < -0.39 is 17.9 Å². The van der Waals surface area contributed by atoms with Crippen LogP contribution in [0.1, 0.15) is 52.2 Å². The van der Waals surface area contributed by atoms with Gasteiger partial charge in [-0.3, -0.25) is 9.59 Å². The Labute approximate surface area is 199 Å². The van der Waals surface area contributed by atoms with Crippen LogP contribution in [0.2, 0.25) is 0 Å². The number of aryl methyl sites for hydroxylation is 2. The zero-order chi connectivity index (χ0) is 24.7. The molecule has 0 spiro atoms. The molecule has 0 radical (unpaired) electrons. The molecule has 3 aromatic rings. The number of hydrogen-bond acceptors (Lipinski definition) is 4. The summed E-state index contributed by atoms with van der Waals surface area (Å²) in [6.07, 6.45) is 2.58. The third-order valence-electron chi connectivity index (χ3n) is 5.52. The van der Waals surface area contributed by atoms with Crippen LogP contribution in [0.25, 0.3) is 0 Å². The molecule has 0 bridgehead atoms. The average molecular weight is 463 g/mol. The molecule has 0 saturated carbocycles. The molecule has 0 unspecified atom stereocenters. The molecule has 0 aliphatic rings. The van der Waals surface area contributed by atoms with Gasteiger partial charge in [0.2, 0.25) is 5.78 Å². The first-order chi connectivity index (χ1) is 16.3. The van der Waals surface area contributed by atoms with Crippen LogP contribution in [0.15, 0.2) is 66.9 Å². The minimum absolute atomic E-state index is 0.0117. The van der Waals surface area contributed by atoms with E-state index in [1.54, 1.807) is 38.1 Å². The topological polar surface area (TPSA) is 97.6 Å². The molecule has 1 amide bonds. The third-order valence-corrected chi connectivity index (χ3v) is 5.52. The first-order valence-electron chi connectivity index (χ1n) is 11.3. The molecule has 0 aliphatic heterocycles. The van der Waals surface area contributed by atoms with Gasteiger partial charge in [0.1, 0.15) is 11.8 Å². The average Bonchev–Trinajstić information content (AvgIpc) is 3.28. The van der Waals surface area contributed by atoms with Crippen LogP contribution in [0.5, 0.6) is 5.75 Å². The monoisotopic (exact) mass is 462 g/mol. The van der Waals surface area contributed by atoms with Crippen molar-refractivity contribution in [3.63, 3.8) is 0 Å². The zero-order valence-electron chi connectivity index (χ0n) is 19.7. The predicted molar refractivity (Wildman–Crippen MR) is 129 cm³/mol. The number of aromatic nitrogens is 1. The Kier molecular flexibility index (Phi) is 8.24. The van der Waals surface area contributed by atoms with E-state index >= 15 is 0 Å². The Morgan fingerprint density at radius 2 is 1.62 bits per heavy atom. The first kappa shape index (κ1) is 24.8. The van der Waals surface area contributed by atoms with Crippen molar-refractivity contribution < 1.29 is 24.2 Å². The third kappa shape index (κ3) is 6.34. The van der Waals surface area contributed by atoms with Gasteiger partial charge < -0.3 is 19.7 Å². The number of carbonyl (C=O) groups is 3. The van der Waals surface area contributed by atoms with Gasteiger partial charge in [0.05, 0.1) is 12.3 Å². The number of carboxylic acids is 1. The molecule has 34 heavy (non-hydrogen) atoms. The predicted octanol–water partition coefficient (Wildman–Crippen LogP) is 4.34. The summed E-state index contributed by atoms with van der Waals surface area (Å²) in [6.45, 7) is 6.54. The normalized spacial score (nSPS) is 11.8. The number of nitrogens with zero attached hydrogens (tertiary/aromatic N) is 1. The summed E-state index contributed by atoms with van der Waals surface area (Å²) in [7, 11) is 0. The summed E-state index contributed by atoms with van der Waals surface area (Å²) in [6, 6.07) is 16.9. The van der Waals surface area contributed by atoms with Crippen LogP contribution in [0.3, 0.4) is 0 Å². The molecule has 2 N–H and O–H groups in total. The molecule has 1 aromatic heterocycles. The summed E-state index contributed by atoms with van der Waals surface area (Å²) < 4.78 is 7.69. The van der Waals surface area contributed by atoms with Gasteiger partial charge in [-0.1, -0.05) is 43.7 Å². The number of rotatable bonds is 11. The lowest BCUT2D eigenvalue weighted by Gasteiger charge is -2.18. The highest BCUT2D eigenvalue weighted by atomic mass is 16.5. The number of ketones is 1. The van der Waals surface area contributed by atoms with Gasteiger partial charge >= 0.3 is 5.97 Å². The van der Waals surface area contributed by atoms with Crippen molar-refractivity contribution in [2.75, 3.05) is 6.61 Å². The van der Waals surface area contributed by atoms with Crippen molar-refractivity contribution in [3.05, 3.63) is 89.2 Å². The quantitative estimate of drug-likeness (QED) is 0.326. The Bertz CT molecular complexity index is 1130. The van der Waals surface area contributed by atoms with E-state index in [1.807, 2.05) is 54.1 Å². The largest absolute Gasteiger partial charge is 0.494 e. The summed E-state index contributed by atoms with van der Waals surface area (Å²) in [5.41, 5.74) is 2.78. The SMILES string of the molecule is Cc1ccc(C(=O)c2cccn2CCCOc2ccc(C(=O)N[C@H](C(=O)O)C(C)C)cc2)cc1. The van der Waals surface area contributed by atoms with Crippen molar-refractivity contribution in [3.8, 4) is 5.75 Å². The number of aliphatic carboxylic acids is 1. The molecule has 2 aromatic carbocycles. The van der Waals surface area contributed by atoms with E-state index in [9.17, 15) is 19.5 Å². The van der Waals surface area contributed by atoms with Crippen molar-refractivity contribution in [2.45, 2.75) is 39.8 Å². The van der Waals surface area contributed by atoms with Crippen LogP contribution in [-0.2, 0) is 11.3 Å². The lowest BCUT2D eigenvalue weighted by molar-refractivity contribution is -0.140. The number of benzene rings is 2. The molecule has 1 heterocycles. The van der Waals surface area contributed by atoms with E-state index in [2.05, 4.69) is 5.32 Å². The fourth-order valence-electron chi connectivity index (χ4n) is 3.53. The fraction of sp³-hybridized carbons (Fsp3) is 0.296. The Morgan fingerprint density at radius 3 is 2.24 bits per heavy atom. The summed E-state index contributed by atoms with van der Waals surface area (Å²) >= 11 is 0. The van der Waals surface area contributed by atoms with Crippen LogP contribution in [0, 0.1) is 12.8 Å². The van der Waals surface area contributed by atoms with Gasteiger partial charge in [-0.2, -0.15) is 0 Å². The number of carbonyl (C=O) groups excluding carboxylic acids is 2. The minimum Gasteiger partial charge on any atom is -0.494 e. The van der Waals surface area contributed by atoms with Crippen molar-refractivity contribution >= 4 is 17.7 Å². The molecule has 0 fully saturated rings. The second-order valence-electron chi connectivity index (χ2n) is 8.54. The summed E-state index contributed by atoms with van der Waals surface area (Å²) in [4.78, 5) is 36.4. The summed E-state index contributed by atoms with van der Waals surface area (Å²) in [5.74, 6) is -1.13. The van der Waals surface area contributed by atoms with E-state index in [1.165, 1.54) is 0 Å². The van der Waals surface area contributed by atoms with E-state index in [0.29, 0.717) is 42.1 Å². The Hall–Kier alpha value is -3.87. The Balaban J connectivity index is 1.50. The van der Waals surface area contributed by atoms with Crippen LogP contribution >= 0.6 is 0 Å². The van der Waals surface area contributed by atoms with E-state index in [-0.39, 0.29) is 11.7 Å². The first-order valence-corrected chi connectivity index (χ1v) is 11.3. The van der Waals surface area contributed by atoms with E-state index in [0.717, 1.165) is 5.56 Å². The molecule has 7 nitrogen and oxygen atoms in total. The lowest BCUT2D eigenvalue weighted by Crippen LogP contribution is -2.44. The molecule has 178 valence electrons. The van der Waals surface area contributed by atoms with Gasteiger partial charge in [-0.15, -0.1) is 0 Å². The smallest absolute Gasteiger partial charge is 0.326 e. The minimum atomic E-state index is -1.06. The van der Waals surface area contributed by atoms with Crippen molar-refractivity contribution in [1.29, 1.82) is 0 Å². The highest BCUT2D eigenvalue weighted by Crippen LogP contribution is 2.15. The standard InChI is InChI=1S/C27H30N2O5/c1-18(2)24(27(32)33)28-26(31)21-11-13-22(14-12-21)34-17-5-16-29-15-4-6-23(29)25(30)20-9-7-19(3)8-10-20/h4,6-15,18,24H,5,16-17H2,1-3H3,(H,28,31)(H,32,33)/t24-/m0/s1. The van der Waals surface area contributed by atoms with Gasteiger partial charge in [-0.05, 0) is 55.7 Å². The number of carboxylic acid groups (broad SMARTS) is 1. The van der Waals surface area contributed by atoms with Gasteiger partial charge in [0, 0.05) is 23.9 Å². The molecule has 3 rings (SSSR count). The van der Waals surface area contributed by atoms with Crippen LogP contribution < -0.4 is 10.1 Å². The highest BCUT2D eigenvalue weighted by Gasteiger charge is 2.23. The van der Waals surface area contributed by atoms with E-state index in [4.69, 9.17) is 4.74 Å². The van der Waals surface area contributed by atoms with Crippen molar-refractivity contribution in [2.24, 2.45) is 5.92 Å². The van der Waals surface area contributed by atoms with Crippen LogP contribution in [-0.4, -0.2) is 40.0 Å². The van der Waals surface area contributed by atoms with Crippen LogP contribution in [0.4, 0.5) is 0 Å². The second kappa shape index (κ2) is 11.3.